The molecule has 2 aliphatic rings. The monoisotopic (exact) mass is 389 g/mol. The molecule has 0 amide bonds. The first-order valence-electron chi connectivity index (χ1n) is 8.80. The van der Waals surface area contributed by atoms with Crippen LogP contribution in [0.5, 0.6) is 0 Å². The van der Waals surface area contributed by atoms with Gasteiger partial charge in [-0.15, -0.1) is 0 Å². The molecule has 3 N–H and O–H groups in total. The molecule has 1 aliphatic heterocycles. The fraction of sp³-hybridized carbons (Fsp3) is 0.368. The number of nitrogens with two attached hydrogens (primary N) is 1. The molecule has 0 aromatic heterocycles. The number of nitrogens with zero attached hydrogens (tertiary/aromatic N) is 3. The second-order valence-corrected chi connectivity index (χ2v) is 7.42. The molecule has 138 valence electrons. The number of allylic oxidation sites excluding steroid dienone is 3. The first-order valence-corrected chi connectivity index (χ1v) is 9.59. The van der Waals surface area contributed by atoms with Crippen LogP contribution in [0.4, 0.5) is 5.69 Å². The van der Waals surface area contributed by atoms with Gasteiger partial charge in [-0.2, -0.15) is 5.10 Å². The number of halogens is 1. The van der Waals surface area contributed by atoms with Crippen molar-refractivity contribution in [3.63, 3.8) is 0 Å². The standard InChI is InChI=1S/C19H24ClN5S/c20-17-2-1-3-18(12-17)25-10-8-24(9-11-25)14-16-6-4-15(5-7-16)13-22-23-19(21)26/h1-4,6,12-13H,5,7-11,14H2,(H3,21,23,26)/b22-13+. The number of benzene rings is 1. The van der Waals surface area contributed by atoms with E-state index in [0.717, 1.165) is 50.6 Å². The number of piperazine rings is 1. The van der Waals surface area contributed by atoms with E-state index in [0.29, 0.717) is 0 Å². The molecular weight excluding hydrogens is 366 g/mol. The Labute approximate surface area is 165 Å². The van der Waals surface area contributed by atoms with Crippen molar-refractivity contribution in [2.75, 3.05) is 37.6 Å². The Morgan fingerprint density at radius 3 is 2.69 bits per heavy atom. The number of anilines is 1. The Kier molecular flexibility index (Phi) is 6.66. The predicted molar refractivity (Wildman–Crippen MR) is 114 cm³/mol. The maximum absolute atomic E-state index is 6.10. The fourth-order valence-electron chi connectivity index (χ4n) is 3.24. The van der Waals surface area contributed by atoms with Gasteiger partial charge >= 0.3 is 0 Å². The highest BCUT2D eigenvalue weighted by atomic mass is 35.5. The number of thiocarbonyl (C=S) groups is 1. The SMILES string of the molecule is NC(=S)N/N=C/C1=CC=C(CN2CCN(c3cccc(Cl)c3)CC2)CC1. The van der Waals surface area contributed by atoms with E-state index in [2.05, 4.69) is 38.5 Å². The van der Waals surface area contributed by atoms with Gasteiger partial charge in [0.15, 0.2) is 5.11 Å². The molecule has 0 atom stereocenters. The zero-order valence-electron chi connectivity index (χ0n) is 14.7. The van der Waals surface area contributed by atoms with Crippen molar-refractivity contribution in [2.45, 2.75) is 12.8 Å². The molecule has 1 aromatic rings. The van der Waals surface area contributed by atoms with Crippen LogP contribution < -0.4 is 16.1 Å². The molecule has 5 nitrogen and oxygen atoms in total. The zero-order valence-corrected chi connectivity index (χ0v) is 16.3. The first-order chi connectivity index (χ1) is 12.6. The summed E-state index contributed by atoms with van der Waals surface area (Å²) in [5, 5.41) is 5.00. The Balaban J connectivity index is 1.47. The highest BCUT2D eigenvalue weighted by Crippen LogP contribution is 2.22. The van der Waals surface area contributed by atoms with Gasteiger partial charge in [-0.05, 0) is 48.8 Å². The van der Waals surface area contributed by atoms with Crippen LogP contribution in [0.3, 0.4) is 0 Å². The lowest BCUT2D eigenvalue weighted by Crippen LogP contribution is -2.47. The lowest BCUT2D eigenvalue weighted by molar-refractivity contribution is 0.276. The smallest absolute Gasteiger partial charge is 0.184 e. The second-order valence-electron chi connectivity index (χ2n) is 6.54. The maximum atomic E-state index is 6.10. The third-order valence-corrected chi connectivity index (χ3v) is 4.97. The molecule has 3 rings (SSSR count). The number of hydrogen-bond donors (Lipinski definition) is 2. The Morgan fingerprint density at radius 2 is 2.04 bits per heavy atom. The number of nitrogens with one attached hydrogen (secondary N) is 1. The zero-order chi connectivity index (χ0) is 18.4. The molecule has 7 heteroatoms. The normalized spacial score (nSPS) is 18.6. The summed E-state index contributed by atoms with van der Waals surface area (Å²) in [6, 6.07) is 8.11. The molecule has 26 heavy (non-hydrogen) atoms. The third-order valence-electron chi connectivity index (χ3n) is 4.65. The van der Waals surface area contributed by atoms with Crippen LogP contribution in [0.15, 0.2) is 52.7 Å². The number of hydrazone groups is 1. The summed E-state index contributed by atoms with van der Waals surface area (Å²) in [5.74, 6) is 0. The van der Waals surface area contributed by atoms with E-state index in [9.17, 15) is 0 Å². The van der Waals surface area contributed by atoms with Gasteiger partial charge in [0.1, 0.15) is 0 Å². The molecule has 1 aromatic carbocycles. The van der Waals surface area contributed by atoms with Gasteiger partial charge in [0, 0.05) is 43.4 Å². The summed E-state index contributed by atoms with van der Waals surface area (Å²) in [6.07, 6.45) is 8.20. The van der Waals surface area contributed by atoms with Crippen LogP contribution >= 0.6 is 23.8 Å². The van der Waals surface area contributed by atoms with Crippen molar-refractivity contribution in [1.29, 1.82) is 0 Å². The molecular formula is C19H24ClN5S. The lowest BCUT2D eigenvalue weighted by Gasteiger charge is -2.36. The van der Waals surface area contributed by atoms with Gasteiger partial charge in [-0.25, -0.2) is 0 Å². The lowest BCUT2D eigenvalue weighted by atomic mass is 9.98. The molecule has 0 spiro atoms. The third kappa shape index (κ3) is 5.56. The van der Waals surface area contributed by atoms with E-state index >= 15 is 0 Å². The van der Waals surface area contributed by atoms with Gasteiger partial charge < -0.3 is 10.6 Å². The van der Waals surface area contributed by atoms with Crippen molar-refractivity contribution >= 4 is 40.8 Å². The second kappa shape index (κ2) is 9.16. The highest BCUT2D eigenvalue weighted by Gasteiger charge is 2.18. The van der Waals surface area contributed by atoms with Crippen molar-refractivity contribution < 1.29 is 0 Å². The molecule has 1 fully saturated rings. The van der Waals surface area contributed by atoms with E-state index in [1.165, 1.54) is 16.8 Å². The molecule has 0 radical (unpaired) electrons. The summed E-state index contributed by atoms with van der Waals surface area (Å²) in [7, 11) is 0. The first kappa shape index (κ1) is 18.9. The summed E-state index contributed by atoms with van der Waals surface area (Å²) in [5.41, 5.74) is 11.8. The van der Waals surface area contributed by atoms with Crippen LogP contribution in [0, 0.1) is 0 Å². The van der Waals surface area contributed by atoms with Crippen molar-refractivity contribution in [3.05, 3.63) is 52.6 Å². The van der Waals surface area contributed by atoms with E-state index in [4.69, 9.17) is 29.6 Å². The van der Waals surface area contributed by atoms with E-state index in [-0.39, 0.29) is 5.11 Å². The average Bonchev–Trinajstić information content (AvgIpc) is 2.63. The minimum absolute atomic E-state index is 0.186. The van der Waals surface area contributed by atoms with E-state index in [1.54, 1.807) is 6.21 Å². The fourth-order valence-corrected chi connectivity index (χ4v) is 3.48. The largest absolute Gasteiger partial charge is 0.375 e. The van der Waals surface area contributed by atoms with E-state index < -0.39 is 0 Å². The van der Waals surface area contributed by atoms with Crippen molar-refractivity contribution in [2.24, 2.45) is 10.8 Å². The molecule has 1 aliphatic carbocycles. The summed E-state index contributed by atoms with van der Waals surface area (Å²) in [6.45, 7) is 5.24. The Hall–Kier alpha value is -1.89. The Bertz CT molecular complexity index is 735. The molecule has 0 unspecified atom stereocenters. The van der Waals surface area contributed by atoms with Crippen molar-refractivity contribution in [3.8, 4) is 0 Å². The minimum atomic E-state index is 0.186. The van der Waals surface area contributed by atoms with Gasteiger partial charge in [0.25, 0.3) is 0 Å². The van der Waals surface area contributed by atoms with Crippen LogP contribution in [0.2, 0.25) is 5.02 Å². The molecule has 0 saturated carbocycles. The van der Waals surface area contributed by atoms with E-state index in [1.807, 2.05) is 18.2 Å². The predicted octanol–water partition coefficient (Wildman–Crippen LogP) is 2.93. The van der Waals surface area contributed by atoms with Crippen LogP contribution in [-0.2, 0) is 0 Å². The summed E-state index contributed by atoms with van der Waals surface area (Å²) >= 11 is 10.8. The van der Waals surface area contributed by atoms with Crippen LogP contribution in [0.25, 0.3) is 0 Å². The summed E-state index contributed by atoms with van der Waals surface area (Å²) < 4.78 is 0. The maximum Gasteiger partial charge on any atom is 0.184 e. The van der Waals surface area contributed by atoms with Gasteiger partial charge in [0.05, 0.1) is 6.21 Å². The van der Waals surface area contributed by atoms with Crippen LogP contribution in [0.1, 0.15) is 12.8 Å². The number of hydrogen-bond acceptors (Lipinski definition) is 4. The molecule has 0 bridgehead atoms. The van der Waals surface area contributed by atoms with Crippen LogP contribution in [-0.4, -0.2) is 49.0 Å². The summed E-state index contributed by atoms with van der Waals surface area (Å²) in [4.78, 5) is 4.93. The topological polar surface area (TPSA) is 56.9 Å². The quantitative estimate of drug-likeness (QED) is 0.460. The molecule has 1 saturated heterocycles. The van der Waals surface area contributed by atoms with Gasteiger partial charge in [-0.3, -0.25) is 10.3 Å². The Morgan fingerprint density at radius 1 is 1.23 bits per heavy atom. The van der Waals surface area contributed by atoms with Crippen molar-refractivity contribution in [1.82, 2.24) is 10.3 Å². The highest BCUT2D eigenvalue weighted by molar-refractivity contribution is 7.80. The van der Waals surface area contributed by atoms with Gasteiger partial charge in [-0.1, -0.05) is 35.4 Å². The average molecular weight is 390 g/mol. The minimum Gasteiger partial charge on any atom is -0.375 e. The molecule has 1 heterocycles. The van der Waals surface area contributed by atoms with Gasteiger partial charge in [0.2, 0.25) is 0 Å². The number of rotatable bonds is 5.